The van der Waals surface area contributed by atoms with Gasteiger partial charge in [0.15, 0.2) is 0 Å². The van der Waals surface area contributed by atoms with E-state index in [1.54, 1.807) is 18.2 Å². The number of halogens is 2. The van der Waals surface area contributed by atoms with Crippen LogP contribution in [-0.2, 0) is 16.4 Å². The average Bonchev–Trinajstić information content (AvgIpc) is 2.88. The summed E-state index contributed by atoms with van der Waals surface area (Å²) in [4.78, 5) is 2.04. The molecule has 2 aromatic carbocycles. The third kappa shape index (κ3) is 3.34. The van der Waals surface area contributed by atoms with Gasteiger partial charge in [-0.1, -0.05) is 6.07 Å². The van der Waals surface area contributed by atoms with E-state index in [9.17, 15) is 12.8 Å². The summed E-state index contributed by atoms with van der Waals surface area (Å²) in [6.45, 7) is 0. The van der Waals surface area contributed by atoms with Crippen LogP contribution in [0.4, 0.5) is 10.1 Å². The van der Waals surface area contributed by atoms with Gasteiger partial charge in [0.1, 0.15) is 5.82 Å². The molecule has 0 unspecified atom stereocenters. The summed E-state index contributed by atoms with van der Waals surface area (Å²) in [6.07, 6.45) is 1.29. The van der Waals surface area contributed by atoms with Crippen LogP contribution in [0.3, 0.4) is 0 Å². The lowest BCUT2D eigenvalue weighted by atomic mass is 10.1. The van der Waals surface area contributed by atoms with Crippen LogP contribution in [0.25, 0.3) is 0 Å². The fourth-order valence-corrected chi connectivity index (χ4v) is 5.17. The summed E-state index contributed by atoms with van der Waals surface area (Å²) in [5.41, 5.74) is 2.51. The highest BCUT2D eigenvalue weighted by molar-refractivity contribution is 9.10. The number of rotatable bonds is 4. The molecule has 4 nitrogen and oxygen atoms in total. The van der Waals surface area contributed by atoms with Gasteiger partial charge in [0.2, 0.25) is 10.0 Å². The molecule has 0 saturated carbocycles. The molecule has 1 atom stereocenters. The largest absolute Gasteiger partial charge is 0.378 e. The number of sulfonamides is 1. The molecule has 24 heavy (non-hydrogen) atoms. The van der Waals surface area contributed by atoms with Crippen LogP contribution in [0.2, 0.25) is 0 Å². The molecule has 7 heteroatoms. The molecule has 0 heterocycles. The van der Waals surface area contributed by atoms with Gasteiger partial charge in [-0.05, 0) is 70.2 Å². The summed E-state index contributed by atoms with van der Waals surface area (Å²) < 4.78 is 42.2. The lowest BCUT2D eigenvalue weighted by molar-refractivity contribution is 0.554. The first-order valence-electron chi connectivity index (χ1n) is 7.55. The summed E-state index contributed by atoms with van der Waals surface area (Å²) in [7, 11) is 0.0114. The van der Waals surface area contributed by atoms with Crippen molar-refractivity contribution in [3.63, 3.8) is 0 Å². The van der Waals surface area contributed by atoms with Crippen molar-refractivity contribution < 1.29 is 12.8 Å². The lowest BCUT2D eigenvalue weighted by Crippen LogP contribution is -2.28. The van der Waals surface area contributed by atoms with Crippen LogP contribution in [-0.4, -0.2) is 22.5 Å². The van der Waals surface area contributed by atoms with Crippen LogP contribution in [0.1, 0.15) is 23.6 Å². The van der Waals surface area contributed by atoms with Crippen molar-refractivity contribution in [3.8, 4) is 0 Å². The van der Waals surface area contributed by atoms with Crippen LogP contribution < -0.4 is 9.62 Å². The maximum Gasteiger partial charge on any atom is 0.242 e. The number of nitrogens with zero attached hydrogens (tertiary/aromatic N) is 1. The zero-order chi connectivity index (χ0) is 17.5. The van der Waals surface area contributed by atoms with Crippen molar-refractivity contribution in [2.24, 2.45) is 0 Å². The SMILES string of the molecule is CN(C)c1ccc(Br)c(S(=O)(=O)N[C@H]2CCc3cc(F)ccc32)c1. The van der Waals surface area contributed by atoms with Crippen molar-refractivity contribution in [2.75, 3.05) is 19.0 Å². The number of anilines is 1. The molecule has 0 fully saturated rings. The zero-order valence-electron chi connectivity index (χ0n) is 13.4. The van der Waals surface area contributed by atoms with Gasteiger partial charge in [0, 0.05) is 30.3 Å². The van der Waals surface area contributed by atoms with E-state index in [2.05, 4.69) is 20.7 Å². The van der Waals surface area contributed by atoms with Crippen molar-refractivity contribution in [3.05, 3.63) is 57.8 Å². The van der Waals surface area contributed by atoms with Crippen molar-refractivity contribution in [1.82, 2.24) is 4.72 Å². The first kappa shape index (κ1) is 17.4. The molecule has 0 aliphatic heterocycles. The summed E-state index contributed by atoms with van der Waals surface area (Å²) in [5, 5.41) is 0. The van der Waals surface area contributed by atoms with Crippen LogP contribution in [0.5, 0.6) is 0 Å². The van der Waals surface area contributed by atoms with E-state index in [4.69, 9.17) is 0 Å². The smallest absolute Gasteiger partial charge is 0.242 e. The van der Waals surface area contributed by atoms with Crippen molar-refractivity contribution in [1.29, 1.82) is 0 Å². The number of aryl methyl sites for hydroxylation is 1. The number of benzene rings is 2. The number of hydrogen-bond acceptors (Lipinski definition) is 3. The molecule has 2 aromatic rings. The van der Waals surface area contributed by atoms with Crippen molar-refractivity contribution >= 4 is 31.6 Å². The van der Waals surface area contributed by atoms with Gasteiger partial charge in [-0.3, -0.25) is 0 Å². The molecule has 1 aliphatic carbocycles. The minimum Gasteiger partial charge on any atom is -0.378 e. The highest BCUT2D eigenvalue weighted by Gasteiger charge is 2.29. The number of nitrogens with one attached hydrogen (secondary N) is 1. The number of fused-ring (bicyclic) bond motifs is 1. The fourth-order valence-electron chi connectivity index (χ4n) is 2.94. The molecule has 0 saturated heterocycles. The summed E-state index contributed by atoms with van der Waals surface area (Å²) >= 11 is 3.32. The first-order chi connectivity index (χ1) is 11.3. The van der Waals surface area contributed by atoms with Gasteiger partial charge < -0.3 is 4.90 Å². The Balaban J connectivity index is 1.92. The maximum atomic E-state index is 13.3. The van der Waals surface area contributed by atoms with Crippen LogP contribution in [0.15, 0.2) is 45.8 Å². The first-order valence-corrected chi connectivity index (χ1v) is 9.83. The predicted octanol–water partition coefficient (Wildman–Crippen LogP) is 3.62. The zero-order valence-corrected chi connectivity index (χ0v) is 15.8. The number of hydrogen-bond donors (Lipinski definition) is 1. The quantitative estimate of drug-likeness (QED) is 0.833. The van der Waals surface area contributed by atoms with E-state index in [0.717, 1.165) is 16.8 Å². The van der Waals surface area contributed by atoms with E-state index in [1.807, 2.05) is 25.1 Å². The maximum absolute atomic E-state index is 13.3. The van der Waals surface area contributed by atoms with Gasteiger partial charge in [-0.2, -0.15) is 0 Å². The Hall–Kier alpha value is -1.44. The Labute approximate surface area is 149 Å². The van der Waals surface area contributed by atoms with Gasteiger partial charge >= 0.3 is 0 Å². The van der Waals surface area contributed by atoms with E-state index in [1.165, 1.54) is 12.1 Å². The molecule has 0 bridgehead atoms. The Morgan fingerprint density at radius 3 is 2.67 bits per heavy atom. The van der Waals surface area contributed by atoms with Crippen LogP contribution >= 0.6 is 15.9 Å². The Bertz CT molecular complexity index is 884. The highest BCUT2D eigenvalue weighted by atomic mass is 79.9. The van der Waals surface area contributed by atoms with E-state index >= 15 is 0 Å². The summed E-state index contributed by atoms with van der Waals surface area (Å²) in [6, 6.07) is 9.38. The molecule has 3 rings (SSSR count). The Morgan fingerprint density at radius 1 is 1.21 bits per heavy atom. The predicted molar refractivity (Wildman–Crippen MR) is 96.3 cm³/mol. The van der Waals surface area contributed by atoms with Crippen molar-refractivity contribution in [2.45, 2.75) is 23.8 Å². The average molecular weight is 413 g/mol. The van der Waals surface area contributed by atoms with Gasteiger partial charge in [-0.25, -0.2) is 17.5 Å². The normalized spacial score (nSPS) is 16.9. The fraction of sp³-hybridized carbons (Fsp3) is 0.294. The van der Waals surface area contributed by atoms with Gasteiger partial charge in [0.05, 0.1) is 4.90 Å². The second-order valence-corrected chi connectivity index (χ2v) is 8.60. The monoisotopic (exact) mass is 412 g/mol. The van der Waals surface area contributed by atoms with Gasteiger partial charge in [-0.15, -0.1) is 0 Å². The van der Waals surface area contributed by atoms with Crippen LogP contribution in [0, 0.1) is 5.82 Å². The van der Waals surface area contributed by atoms with E-state index in [-0.39, 0.29) is 16.8 Å². The minimum absolute atomic E-state index is 0.198. The second kappa shape index (κ2) is 6.46. The molecule has 128 valence electrons. The minimum atomic E-state index is -3.70. The molecule has 0 radical (unpaired) electrons. The Kier molecular flexibility index (Phi) is 4.68. The third-order valence-electron chi connectivity index (χ3n) is 4.20. The molecule has 1 aliphatic rings. The second-order valence-electron chi connectivity index (χ2n) is 6.06. The topological polar surface area (TPSA) is 49.4 Å². The lowest BCUT2D eigenvalue weighted by Gasteiger charge is -2.18. The van der Waals surface area contributed by atoms with E-state index < -0.39 is 10.0 Å². The molecule has 0 amide bonds. The molecule has 0 spiro atoms. The third-order valence-corrected chi connectivity index (χ3v) is 6.67. The summed E-state index contributed by atoms with van der Waals surface area (Å²) in [5.74, 6) is -0.293. The molecular weight excluding hydrogens is 395 g/mol. The standard InChI is InChI=1S/C17H18BrFN2O2S/c1-21(2)13-5-7-15(18)17(10-13)24(22,23)20-16-8-3-11-9-12(19)4-6-14(11)16/h4-7,9-10,16,20H,3,8H2,1-2H3/t16-/m0/s1. The van der Waals surface area contributed by atoms with Gasteiger partial charge in [0.25, 0.3) is 0 Å². The molecular formula is C17H18BrFN2O2S. The molecule has 1 N–H and O–H groups in total. The highest BCUT2D eigenvalue weighted by Crippen LogP contribution is 2.34. The molecule has 0 aromatic heterocycles. The Morgan fingerprint density at radius 2 is 1.96 bits per heavy atom. The van der Waals surface area contributed by atoms with E-state index in [0.29, 0.717) is 17.3 Å².